The summed E-state index contributed by atoms with van der Waals surface area (Å²) in [5.41, 5.74) is -0.828. The van der Waals surface area contributed by atoms with Gasteiger partial charge in [-0.05, 0) is 25.7 Å². The highest BCUT2D eigenvalue weighted by Gasteiger charge is 2.43. The lowest BCUT2D eigenvalue weighted by molar-refractivity contribution is -0.157. The fourth-order valence-corrected chi connectivity index (χ4v) is 4.09. The van der Waals surface area contributed by atoms with Gasteiger partial charge < -0.3 is 14.7 Å². The number of morpholine rings is 1. The number of carbonyl (C=O) groups excluding carboxylic acids is 1. The molecule has 1 saturated carbocycles. The minimum atomic E-state index is -0.828. The number of aliphatic carboxylic acids is 1. The van der Waals surface area contributed by atoms with E-state index in [-0.39, 0.29) is 24.5 Å². The van der Waals surface area contributed by atoms with Crippen LogP contribution in [0, 0.1) is 5.41 Å². The molecule has 3 fully saturated rings. The number of nitrogens with zero attached hydrogens (tertiary/aromatic N) is 1. The molecular weight excluding hydrogens is 270 g/mol. The molecule has 0 aromatic rings. The number of carbonyl (C=O) groups is 2. The minimum Gasteiger partial charge on any atom is -0.481 e. The van der Waals surface area contributed by atoms with Crippen LogP contribution in [0.2, 0.25) is 0 Å². The SMILES string of the molecule is O=C(CC1(C(=O)O)CCCCCC1)N1CC2CCC(C1)O2. The lowest BCUT2D eigenvalue weighted by Crippen LogP contribution is -2.48. The van der Waals surface area contributed by atoms with Gasteiger partial charge in [-0.1, -0.05) is 25.7 Å². The van der Waals surface area contributed by atoms with Crippen molar-refractivity contribution in [1.29, 1.82) is 0 Å². The summed E-state index contributed by atoms with van der Waals surface area (Å²) in [7, 11) is 0. The molecule has 0 radical (unpaired) electrons. The first-order valence-corrected chi connectivity index (χ1v) is 8.26. The van der Waals surface area contributed by atoms with Gasteiger partial charge in [-0.2, -0.15) is 0 Å². The molecule has 1 aliphatic carbocycles. The van der Waals surface area contributed by atoms with Crippen LogP contribution in [0.4, 0.5) is 0 Å². The second kappa shape index (κ2) is 5.95. The topological polar surface area (TPSA) is 66.8 Å². The van der Waals surface area contributed by atoms with E-state index in [1.54, 1.807) is 0 Å². The van der Waals surface area contributed by atoms with Crippen LogP contribution in [0.1, 0.15) is 57.8 Å². The highest BCUT2D eigenvalue weighted by molar-refractivity contribution is 5.85. The zero-order valence-electron chi connectivity index (χ0n) is 12.6. The molecule has 21 heavy (non-hydrogen) atoms. The Morgan fingerprint density at radius 1 is 1.05 bits per heavy atom. The number of likely N-dealkylation sites (tertiary alicyclic amines) is 1. The predicted molar refractivity (Wildman–Crippen MR) is 76.9 cm³/mol. The average Bonchev–Trinajstić information content (AvgIpc) is 2.67. The van der Waals surface area contributed by atoms with Crippen LogP contribution in [0.5, 0.6) is 0 Å². The number of ether oxygens (including phenoxy) is 1. The third-order valence-electron chi connectivity index (χ3n) is 5.40. The number of carboxylic acid groups (broad SMARTS) is 1. The first-order valence-electron chi connectivity index (χ1n) is 8.26. The number of rotatable bonds is 3. The molecule has 2 atom stereocenters. The molecule has 2 aliphatic heterocycles. The van der Waals surface area contributed by atoms with Crippen molar-refractivity contribution in [2.45, 2.75) is 70.0 Å². The summed E-state index contributed by atoms with van der Waals surface area (Å²) < 4.78 is 5.75. The molecule has 2 heterocycles. The summed E-state index contributed by atoms with van der Waals surface area (Å²) in [5, 5.41) is 9.68. The summed E-state index contributed by atoms with van der Waals surface area (Å²) in [5.74, 6) is -0.770. The molecule has 3 aliphatic rings. The standard InChI is InChI=1S/C16H25NO4/c18-14(17-10-12-5-6-13(11-17)21-12)9-16(15(19)20)7-3-1-2-4-8-16/h12-13H,1-11H2,(H,19,20). The van der Waals surface area contributed by atoms with Crippen molar-refractivity contribution in [3.63, 3.8) is 0 Å². The predicted octanol–water partition coefficient (Wildman–Crippen LogP) is 2.19. The minimum absolute atomic E-state index is 0.0134. The second-order valence-electron chi connectivity index (χ2n) is 6.93. The van der Waals surface area contributed by atoms with Crippen LogP contribution in [-0.4, -0.2) is 47.2 Å². The molecular formula is C16H25NO4. The van der Waals surface area contributed by atoms with Crippen molar-refractivity contribution < 1.29 is 19.4 Å². The maximum Gasteiger partial charge on any atom is 0.310 e. The number of fused-ring (bicyclic) bond motifs is 2. The molecule has 0 spiro atoms. The van der Waals surface area contributed by atoms with E-state index in [4.69, 9.17) is 4.74 Å². The van der Waals surface area contributed by atoms with Gasteiger partial charge >= 0.3 is 5.97 Å². The fraction of sp³-hybridized carbons (Fsp3) is 0.875. The summed E-state index contributed by atoms with van der Waals surface area (Å²) >= 11 is 0. The van der Waals surface area contributed by atoms with E-state index in [2.05, 4.69) is 0 Å². The molecule has 2 bridgehead atoms. The van der Waals surface area contributed by atoms with Gasteiger partial charge in [0.15, 0.2) is 0 Å². The molecule has 2 unspecified atom stereocenters. The molecule has 0 aromatic carbocycles. The van der Waals surface area contributed by atoms with E-state index in [1.807, 2.05) is 4.90 Å². The van der Waals surface area contributed by atoms with Gasteiger partial charge in [0.25, 0.3) is 0 Å². The van der Waals surface area contributed by atoms with Gasteiger partial charge in [-0.3, -0.25) is 9.59 Å². The van der Waals surface area contributed by atoms with Gasteiger partial charge in [-0.15, -0.1) is 0 Å². The Hall–Kier alpha value is -1.10. The van der Waals surface area contributed by atoms with E-state index in [0.717, 1.165) is 38.5 Å². The first-order chi connectivity index (χ1) is 10.1. The summed E-state index contributed by atoms with van der Waals surface area (Å²) in [6, 6.07) is 0. The van der Waals surface area contributed by atoms with Crippen molar-refractivity contribution in [3.05, 3.63) is 0 Å². The monoisotopic (exact) mass is 295 g/mol. The van der Waals surface area contributed by atoms with Gasteiger partial charge in [-0.25, -0.2) is 0 Å². The van der Waals surface area contributed by atoms with Gasteiger partial charge in [0.2, 0.25) is 5.91 Å². The van der Waals surface area contributed by atoms with Gasteiger partial charge in [0.05, 0.1) is 17.6 Å². The summed E-state index contributed by atoms with van der Waals surface area (Å²) in [6.07, 6.45) is 7.87. The van der Waals surface area contributed by atoms with Crippen molar-refractivity contribution >= 4 is 11.9 Å². The molecule has 5 nitrogen and oxygen atoms in total. The molecule has 5 heteroatoms. The maximum atomic E-state index is 12.6. The maximum absolute atomic E-state index is 12.6. The Morgan fingerprint density at radius 2 is 1.62 bits per heavy atom. The van der Waals surface area contributed by atoms with Gasteiger partial charge in [0, 0.05) is 19.5 Å². The smallest absolute Gasteiger partial charge is 0.310 e. The van der Waals surface area contributed by atoms with Crippen LogP contribution in [0.15, 0.2) is 0 Å². The van der Waals surface area contributed by atoms with E-state index in [9.17, 15) is 14.7 Å². The van der Waals surface area contributed by atoms with Crippen molar-refractivity contribution in [1.82, 2.24) is 4.90 Å². The zero-order valence-corrected chi connectivity index (χ0v) is 12.6. The molecule has 1 N–H and O–H groups in total. The van der Waals surface area contributed by atoms with Crippen LogP contribution >= 0.6 is 0 Å². The van der Waals surface area contributed by atoms with E-state index in [0.29, 0.717) is 25.9 Å². The zero-order chi connectivity index (χ0) is 14.9. The van der Waals surface area contributed by atoms with Gasteiger partial charge in [0.1, 0.15) is 0 Å². The Bertz CT molecular complexity index is 403. The summed E-state index contributed by atoms with van der Waals surface area (Å²) in [6.45, 7) is 1.29. The molecule has 1 amide bonds. The van der Waals surface area contributed by atoms with Crippen molar-refractivity contribution in [2.75, 3.05) is 13.1 Å². The van der Waals surface area contributed by atoms with E-state index in [1.165, 1.54) is 0 Å². The quantitative estimate of drug-likeness (QED) is 0.811. The van der Waals surface area contributed by atoms with Crippen molar-refractivity contribution in [3.8, 4) is 0 Å². The molecule has 0 aromatic heterocycles. The van der Waals surface area contributed by atoms with Crippen LogP contribution in [0.25, 0.3) is 0 Å². The Morgan fingerprint density at radius 3 is 2.14 bits per heavy atom. The Balaban J connectivity index is 1.67. The summed E-state index contributed by atoms with van der Waals surface area (Å²) in [4.78, 5) is 26.3. The molecule has 118 valence electrons. The number of hydrogen-bond acceptors (Lipinski definition) is 3. The Kier molecular flexibility index (Phi) is 4.20. The first kappa shape index (κ1) is 14.8. The van der Waals surface area contributed by atoms with Crippen LogP contribution in [-0.2, 0) is 14.3 Å². The largest absolute Gasteiger partial charge is 0.481 e. The lowest BCUT2D eigenvalue weighted by atomic mass is 9.77. The van der Waals surface area contributed by atoms with Crippen LogP contribution in [0.3, 0.4) is 0 Å². The van der Waals surface area contributed by atoms with Crippen LogP contribution < -0.4 is 0 Å². The second-order valence-corrected chi connectivity index (χ2v) is 6.93. The fourth-order valence-electron chi connectivity index (χ4n) is 4.09. The Labute approximate surface area is 125 Å². The normalized spacial score (nSPS) is 31.7. The highest BCUT2D eigenvalue weighted by atomic mass is 16.5. The molecule has 3 rings (SSSR count). The van der Waals surface area contributed by atoms with E-state index < -0.39 is 11.4 Å². The average molecular weight is 295 g/mol. The third-order valence-corrected chi connectivity index (χ3v) is 5.40. The molecule has 2 saturated heterocycles. The number of amides is 1. The van der Waals surface area contributed by atoms with E-state index >= 15 is 0 Å². The van der Waals surface area contributed by atoms with Crippen molar-refractivity contribution in [2.24, 2.45) is 5.41 Å². The number of carboxylic acids is 1. The highest BCUT2D eigenvalue weighted by Crippen LogP contribution is 2.39. The number of hydrogen-bond donors (Lipinski definition) is 1. The third kappa shape index (κ3) is 3.07. The lowest BCUT2D eigenvalue weighted by Gasteiger charge is -2.35.